The molecule has 10 nitrogen and oxygen atoms in total. The van der Waals surface area contributed by atoms with Gasteiger partial charge in [0, 0.05) is 34.4 Å². The van der Waals surface area contributed by atoms with Gasteiger partial charge in [0.25, 0.3) is 21.0 Å². The van der Waals surface area contributed by atoms with E-state index in [1.165, 1.54) is 34.6 Å². The van der Waals surface area contributed by atoms with Crippen molar-refractivity contribution in [3.05, 3.63) is 65.3 Å². The Bertz CT molecular complexity index is 1600. The average Bonchev–Trinajstić information content (AvgIpc) is 3.62. The van der Waals surface area contributed by atoms with E-state index in [9.17, 15) is 27.6 Å². The number of nitrogens with zero attached hydrogens (tertiary/aromatic N) is 3. The van der Waals surface area contributed by atoms with Gasteiger partial charge >= 0.3 is 0 Å². The Labute approximate surface area is 236 Å². The first kappa shape index (κ1) is 28.1. The molecule has 12 heteroatoms. The zero-order chi connectivity index (χ0) is 28.8. The van der Waals surface area contributed by atoms with Crippen molar-refractivity contribution in [3.63, 3.8) is 0 Å². The van der Waals surface area contributed by atoms with Crippen LogP contribution in [0, 0.1) is 5.41 Å². The van der Waals surface area contributed by atoms with E-state index >= 15 is 0 Å². The third-order valence-corrected chi connectivity index (χ3v) is 9.93. The van der Waals surface area contributed by atoms with Gasteiger partial charge in [0.15, 0.2) is 5.78 Å². The number of hydrogen-bond donors (Lipinski definition) is 1. The first-order valence-corrected chi connectivity index (χ1v) is 15.3. The van der Waals surface area contributed by atoms with Gasteiger partial charge in [-0.3, -0.25) is 24.2 Å². The molecule has 4 heterocycles. The molecule has 3 unspecified atom stereocenters. The lowest BCUT2D eigenvalue weighted by molar-refractivity contribution is -0.138. The van der Waals surface area contributed by atoms with Gasteiger partial charge in [0.2, 0.25) is 5.91 Å². The predicted molar refractivity (Wildman–Crippen MR) is 150 cm³/mol. The average molecular weight is 583 g/mol. The Balaban J connectivity index is 1.38. The second-order valence-corrected chi connectivity index (χ2v) is 14.0. The van der Waals surface area contributed by atoms with Gasteiger partial charge in [-0.15, -0.1) is 11.3 Å². The summed E-state index contributed by atoms with van der Waals surface area (Å²) in [6.07, 6.45) is 3.10. The predicted octanol–water partition coefficient (Wildman–Crippen LogP) is 2.86. The molecule has 0 bridgehead atoms. The minimum absolute atomic E-state index is 0.0989. The van der Waals surface area contributed by atoms with Crippen LogP contribution in [0.4, 0.5) is 0 Å². The number of amides is 2. The zero-order valence-electron chi connectivity index (χ0n) is 22.4. The number of benzene rings is 1. The Morgan fingerprint density at radius 2 is 1.90 bits per heavy atom. The highest BCUT2D eigenvalue weighted by atomic mass is 32.2. The molecule has 2 fully saturated rings. The van der Waals surface area contributed by atoms with Crippen LogP contribution in [0.5, 0.6) is 0 Å². The lowest BCUT2D eigenvalue weighted by Gasteiger charge is -2.31. The lowest BCUT2D eigenvalue weighted by Crippen LogP contribution is -2.53. The molecular formula is C28H30N4O6S2. The maximum atomic E-state index is 13.9. The number of ketones is 1. The van der Waals surface area contributed by atoms with E-state index in [-0.39, 0.29) is 29.9 Å². The normalized spacial score (nSPS) is 20.5. The van der Waals surface area contributed by atoms with Gasteiger partial charge in [-0.05, 0) is 36.5 Å². The van der Waals surface area contributed by atoms with Crippen molar-refractivity contribution in [1.29, 1.82) is 0 Å². The number of nitrogens with one attached hydrogen (secondary N) is 1. The number of hydrogen-bond acceptors (Lipinski definition) is 8. The van der Waals surface area contributed by atoms with Gasteiger partial charge in [-0.2, -0.15) is 4.31 Å². The first-order valence-electron chi connectivity index (χ1n) is 12.9. The number of carbonyl (C=O) groups excluding carboxylic acids is 4. The van der Waals surface area contributed by atoms with Gasteiger partial charge < -0.3 is 10.2 Å². The molecular weight excluding hydrogens is 552 g/mol. The second-order valence-electron chi connectivity index (χ2n) is 11.3. The van der Waals surface area contributed by atoms with Gasteiger partial charge in [0.05, 0.1) is 23.7 Å². The highest BCUT2D eigenvalue weighted by Gasteiger charge is 2.55. The van der Waals surface area contributed by atoms with Crippen molar-refractivity contribution in [2.45, 2.75) is 51.7 Å². The molecule has 2 saturated heterocycles. The maximum Gasteiger partial charge on any atom is 0.293 e. The van der Waals surface area contributed by atoms with E-state index in [0.29, 0.717) is 12.0 Å². The highest BCUT2D eigenvalue weighted by molar-refractivity contribution is 8.04. The van der Waals surface area contributed by atoms with Gasteiger partial charge in [-0.1, -0.05) is 39.0 Å². The minimum Gasteiger partial charge on any atom is -0.340 e. The number of fused-ring (bicyclic) bond motifs is 2. The number of sulfonamides is 1. The summed E-state index contributed by atoms with van der Waals surface area (Å²) in [5, 5.41) is 4.30. The number of rotatable bonds is 6. The van der Waals surface area contributed by atoms with Gasteiger partial charge in [-0.25, -0.2) is 8.42 Å². The number of thiophene rings is 1. The molecule has 5 rings (SSSR count). The van der Waals surface area contributed by atoms with Crippen LogP contribution in [0.3, 0.4) is 0 Å². The summed E-state index contributed by atoms with van der Waals surface area (Å²) in [4.78, 5) is 58.4. The standard InChI is InChI=1S/C28H30N4O6S2/c1-28(2,3)13-20(30-25(34)19-16-39-23-9-5-4-8-18(19)23)26(35)31-12-10-21-24(31)22(33)15-32(21)40(37,38)27(36)17-7-6-11-29-14-17/h4-9,11,14,16,20-21,24H,10,12-13,15H2,1-3H3,(H,30,34). The molecule has 3 atom stereocenters. The number of carbonyl (C=O) groups is 4. The highest BCUT2D eigenvalue weighted by Crippen LogP contribution is 2.34. The SMILES string of the molecule is CC(C)(C)CC(NC(=O)c1csc2ccccc12)C(=O)N1CCC2C1C(=O)CN2S(=O)(=O)C(=O)c1cccnc1. The molecule has 0 radical (unpaired) electrons. The monoisotopic (exact) mass is 582 g/mol. The van der Waals surface area contributed by atoms with Crippen molar-refractivity contribution in [2.24, 2.45) is 5.41 Å². The largest absolute Gasteiger partial charge is 0.340 e. The fraction of sp³-hybridized carbons (Fsp3) is 0.393. The summed E-state index contributed by atoms with van der Waals surface area (Å²) >= 11 is 1.44. The molecule has 210 valence electrons. The summed E-state index contributed by atoms with van der Waals surface area (Å²) in [7, 11) is -4.52. The lowest BCUT2D eigenvalue weighted by atomic mass is 9.87. The first-order chi connectivity index (χ1) is 18.9. The van der Waals surface area contributed by atoms with Crippen molar-refractivity contribution >= 4 is 54.2 Å². The molecule has 1 N–H and O–H groups in total. The Kier molecular flexibility index (Phi) is 7.36. The molecule has 2 amide bonds. The molecule has 1 aromatic carbocycles. The summed E-state index contributed by atoms with van der Waals surface area (Å²) in [6, 6.07) is 7.51. The van der Waals surface area contributed by atoms with E-state index in [1.807, 2.05) is 45.0 Å². The molecule has 3 aromatic rings. The second kappa shape index (κ2) is 10.5. The van der Waals surface area contributed by atoms with E-state index < -0.39 is 51.5 Å². The molecule has 2 aliphatic heterocycles. The maximum absolute atomic E-state index is 13.9. The Hall–Kier alpha value is -3.48. The topological polar surface area (TPSA) is 134 Å². The number of likely N-dealkylation sites (tertiary alicyclic amines) is 1. The van der Waals surface area contributed by atoms with Crippen molar-refractivity contribution in [2.75, 3.05) is 13.1 Å². The fourth-order valence-electron chi connectivity index (χ4n) is 5.48. The summed E-state index contributed by atoms with van der Waals surface area (Å²) in [5.74, 6) is -1.29. The van der Waals surface area contributed by atoms with Crippen LogP contribution in [-0.2, 0) is 19.6 Å². The molecule has 0 saturated carbocycles. The van der Waals surface area contributed by atoms with E-state index in [1.54, 1.807) is 5.38 Å². The van der Waals surface area contributed by atoms with Crippen LogP contribution in [0.15, 0.2) is 54.2 Å². The van der Waals surface area contributed by atoms with Crippen LogP contribution in [-0.4, -0.2) is 76.5 Å². The molecule has 0 aliphatic carbocycles. The summed E-state index contributed by atoms with van der Waals surface area (Å²) < 4.78 is 28.3. The number of pyridine rings is 1. The third-order valence-electron chi connectivity index (χ3n) is 7.25. The van der Waals surface area contributed by atoms with E-state index in [4.69, 9.17) is 0 Å². The number of Topliss-reactive ketones (excluding diaryl/α,β-unsaturated/α-hetero) is 1. The number of aromatic nitrogens is 1. The molecule has 0 spiro atoms. The fourth-order valence-corrected chi connectivity index (χ4v) is 7.93. The quantitative estimate of drug-likeness (QED) is 0.472. The summed E-state index contributed by atoms with van der Waals surface area (Å²) in [6.45, 7) is 5.48. The van der Waals surface area contributed by atoms with Crippen LogP contribution in [0.2, 0.25) is 0 Å². The van der Waals surface area contributed by atoms with Crippen LogP contribution < -0.4 is 5.32 Å². The van der Waals surface area contributed by atoms with E-state index in [0.717, 1.165) is 20.6 Å². The minimum atomic E-state index is -4.52. The smallest absolute Gasteiger partial charge is 0.293 e. The van der Waals surface area contributed by atoms with E-state index in [2.05, 4.69) is 10.3 Å². The zero-order valence-corrected chi connectivity index (χ0v) is 24.0. The van der Waals surface area contributed by atoms with Crippen LogP contribution >= 0.6 is 11.3 Å². The van der Waals surface area contributed by atoms with Crippen LogP contribution in [0.25, 0.3) is 10.1 Å². The Morgan fingerprint density at radius 3 is 2.60 bits per heavy atom. The van der Waals surface area contributed by atoms with Crippen LogP contribution in [0.1, 0.15) is 54.3 Å². The van der Waals surface area contributed by atoms with Crippen molar-refractivity contribution < 1.29 is 27.6 Å². The molecule has 2 aliphatic rings. The molecule has 40 heavy (non-hydrogen) atoms. The third kappa shape index (κ3) is 5.18. The Morgan fingerprint density at radius 1 is 1.15 bits per heavy atom. The van der Waals surface area contributed by atoms with Crippen molar-refractivity contribution in [1.82, 2.24) is 19.5 Å². The van der Waals surface area contributed by atoms with Crippen molar-refractivity contribution in [3.8, 4) is 0 Å². The van der Waals surface area contributed by atoms with Gasteiger partial charge in [0.1, 0.15) is 12.1 Å². The summed E-state index contributed by atoms with van der Waals surface area (Å²) in [5.41, 5.74) is 0.0298. The molecule has 2 aromatic heterocycles.